The van der Waals surface area contributed by atoms with Crippen molar-refractivity contribution in [3.8, 4) is 5.75 Å². The van der Waals surface area contributed by atoms with E-state index in [0.29, 0.717) is 0 Å². The van der Waals surface area contributed by atoms with Gasteiger partial charge in [-0.25, -0.2) is 0 Å². The summed E-state index contributed by atoms with van der Waals surface area (Å²) in [5.41, 5.74) is 6.78. The van der Waals surface area contributed by atoms with Gasteiger partial charge in [0.05, 0.1) is 0 Å². The number of hydrogen-bond donors (Lipinski definition) is 2. The Labute approximate surface area is 92.7 Å². The maximum Gasteiger partial charge on any atom is 0.115 e. The Morgan fingerprint density at radius 1 is 1.54 bits per heavy atom. The summed E-state index contributed by atoms with van der Waals surface area (Å²) < 4.78 is 0.953. The fourth-order valence-electron chi connectivity index (χ4n) is 1.04. The second kappa shape index (κ2) is 5.47. The zero-order chi connectivity index (χ0) is 9.14. The van der Waals surface area contributed by atoms with Crippen LogP contribution in [-0.2, 0) is 0 Å². The zero-order valence-electron chi connectivity index (χ0n) is 7.33. The van der Waals surface area contributed by atoms with Crippen molar-refractivity contribution in [2.45, 2.75) is 19.4 Å². The summed E-state index contributed by atoms with van der Waals surface area (Å²) in [6.45, 7) is 2.02. The van der Waals surface area contributed by atoms with E-state index in [-0.39, 0.29) is 24.2 Å². The first-order valence-electron chi connectivity index (χ1n) is 3.89. The smallest absolute Gasteiger partial charge is 0.115 e. The number of halogens is 2. The molecule has 0 aromatic heterocycles. The largest absolute Gasteiger partial charge is 0.508 e. The van der Waals surface area contributed by atoms with Crippen LogP contribution in [0.4, 0.5) is 0 Å². The Morgan fingerprint density at radius 3 is 2.69 bits per heavy atom. The molecule has 0 saturated carbocycles. The Kier molecular flexibility index (Phi) is 5.37. The number of phenolic OH excluding ortho intramolecular Hbond substituents is 1. The van der Waals surface area contributed by atoms with Crippen LogP contribution in [0.2, 0.25) is 0 Å². The van der Waals surface area contributed by atoms with Gasteiger partial charge in [-0.1, -0.05) is 22.9 Å². The lowest BCUT2D eigenvalue weighted by Gasteiger charge is -2.11. The van der Waals surface area contributed by atoms with E-state index < -0.39 is 0 Å². The summed E-state index contributed by atoms with van der Waals surface area (Å²) in [5, 5.41) is 9.21. The molecule has 0 aliphatic heterocycles. The van der Waals surface area contributed by atoms with Crippen molar-refractivity contribution in [2.24, 2.45) is 5.73 Å². The van der Waals surface area contributed by atoms with Crippen molar-refractivity contribution < 1.29 is 5.11 Å². The quantitative estimate of drug-likeness (QED) is 0.864. The highest BCUT2D eigenvalue weighted by molar-refractivity contribution is 9.10. The van der Waals surface area contributed by atoms with Crippen molar-refractivity contribution >= 4 is 28.3 Å². The molecule has 4 heteroatoms. The van der Waals surface area contributed by atoms with Crippen molar-refractivity contribution in [1.82, 2.24) is 0 Å². The average Bonchev–Trinajstić information content (AvgIpc) is 2.08. The lowest BCUT2D eigenvalue weighted by atomic mass is 10.1. The normalized spacial score (nSPS) is 11.9. The Bertz CT molecular complexity index is 280. The molecule has 0 amide bonds. The molecule has 1 atom stereocenters. The van der Waals surface area contributed by atoms with Crippen LogP contribution in [-0.4, -0.2) is 5.11 Å². The van der Waals surface area contributed by atoms with Crippen LogP contribution < -0.4 is 5.73 Å². The molecule has 0 spiro atoms. The van der Waals surface area contributed by atoms with Gasteiger partial charge in [-0.2, -0.15) is 0 Å². The van der Waals surface area contributed by atoms with Crippen molar-refractivity contribution in [3.63, 3.8) is 0 Å². The highest BCUT2D eigenvalue weighted by atomic mass is 79.9. The minimum Gasteiger partial charge on any atom is -0.508 e. The molecule has 1 aromatic rings. The van der Waals surface area contributed by atoms with E-state index in [1.54, 1.807) is 18.2 Å². The Balaban J connectivity index is 0.00000144. The van der Waals surface area contributed by atoms with Crippen molar-refractivity contribution in [3.05, 3.63) is 28.2 Å². The van der Waals surface area contributed by atoms with Gasteiger partial charge in [0.1, 0.15) is 5.75 Å². The van der Waals surface area contributed by atoms with Crippen LogP contribution in [0.25, 0.3) is 0 Å². The van der Waals surface area contributed by atoms with Crippen LogP contribution in [0.5, 0.6) is 5.75 Å². The fraction of sp³-hybridized carbons (Fsp3) is 0.333. The van der Waals surface area contributed by atoms with Crippen LogP contribution in [0.15, 0.2) is 22.7 Å². The molecule has 2 nitrogen and oxygen atoms in total. The van der Waals surface area contributed by atoms with Crippen LogP contribution >= 0.6 is 28.3 Å². The van der Waals surface area contributed by atoms with Crippen LogP contribution in [0, 0.1) is 0 Å². The third-order valence-electron chi connectivity index (χ3n) is 1.82. The third kappa shape index (κ3) is 3.18. The molecule has 0 aliphatic carbocycles. The van der Waals surface area contributed by atoms with Gasteiger partial charge >= 0.3 is 0 Å². The molecule has 0 saturated heterocycles. The summed E-state index contributed by atoms with van der Waals surface area (Å²) >= 11 is 3.38. The molecule has 74 valence electrons. The van der Waals surface area contributed by atoms with Crippen LogP contribution in [0.3, 0.4) is 0 Å². The van der Waals surface area contributed by atoms with E-state index >= 15 is 0 Å². The van der Waals surface area contributed by atoms with E-state index in [0.717, 1.165) is 16.5 Å². The molecule has 13 heavy (non-hydrogen) atoms. The first-order chi connectivity index (χ1) is 5.65. The minimum atomic E-state index is -0.00789. The average molecular weight is 267 g/mol. The van der Waals surface area contributed by atoms with Gasteiger partial charge in [0.25, 0.3) is 0 Å². The SMILES string of the molecule is CC[C@H](N)c1cc(O)ccc1Br.Cl. The lowest BCUT2D eigenvalue weighted by Crippen LogP contribution is -2.08. The molecule has 1 rings (SSSR count). The van der Waals surface area contributed by atoms with E-state index in [1.807, 2.05) is 6.92 Å². The van der Waals surface area contributed by atoms with E-state index in [1.165, 1.54) is 0 Å². The summed E-state index contributed by atoms with van der Waals surface area (Å²) in [7, 11) is 0. The topological polar surface area (TPSA) is 46.2 Å². The Hall–Kier alpha value is -0.250. The molecule has 1 aromatic carbocycles. The highest BCUT2D eigenvalue weighted by Gasteiger charge is 2.07. The molecule has 0 unspecified atom stereocenters. The first kappa shape index (κ1) is 12.8. The molecule has 0 radical (unpaired) electrons. The van der Waals surface area contributed by atoms with Gasteiger partial charge in [-0.05, 0) is 30.2 Å². The molecule has 3 N–H and O–H groups in total. The lowest BCUT2D eigenvalue weighted by molar-refractivity contribution is 0.473. The first-order valence-corrected chi connectivity index (χ1v) is 4.68. The highest BCUT2D eigenvalue weighted by Crippen LogP contribution is 2.27. The summed E-state index contributed by atoms with van der Waals surface area (Å²) in [5.74, 6) is 0.261. The van der Waals surface area contributed by atoms with Crippen molar-refractivity contribution in [2.75, 3.05) is 0 Å². The fourth-order valence-corrected chi connectivity index (χ4v) is 1.58. The number of phenols is 1. The summed E-state index contributed by atoms with van der Waals surface area (Å²) in [4.78, 5) is 0. The standard InChI is InChI=1S/C9H12BrNO.ClH/c1-2-9(11)7-5-6(12)3-4-8(7)10;/h3-5,9,12H,2,11H2,1H3;1H/t9-;/m0./s1. The third-order valence-corrected chi connectivity index (χ3v) is 2.54. The van der Waals surface area contributed by atoms with Gasteiger partial charge in [0.15, 0.2) is 0 Å². The molecule has 0 fully saturated rings. The predicted octanol–water partition coefficient (Wildman–Crippen LogP) is 2.99. The number of aromatic hydroxyl groups is 1. The second-order valence-electron chi connectivity index (χ2n) is 2.72. The van der Waals surface area contributed by atoms with Gasteiger partial charge in [0.2, 0.25) is 0 Å². The van der Waals surface area contributed by atoms with Gasteiger partial charge in [-0.15, -0.1) is 12.4 Å². The molecule has 0 heterocycles. The maximum absolute atomic E-state index is 9.21. The summed E-state index contributed by atoms with van der Waals surface area (Å²) in [6, 6.07) is 5.13. The van der Waals surface area contributed by atoms with E-state index in [2.05, 4.69) is 15.9 Å². The monoisotopic (exact) mass is 265 g/mol. The molecular weight excluding hydrogens is 253 g/mol. The predicted molar refractivity (Wildman–Crippen MR) is 60.3 cm³/mol. The molecule has 0 aliphatic rings. The maximum atomic E-state index is 9.21. The van der Waals surface area contributed by atoms with Gasteiger partial charge < -0.3 is 10.8 Å². The summed E-state index contributed by atoms with van der Waals surface area (Å²) in [6.07, 6.45) is 0.863. The number of rotatable bonds is 2. The zero-order valence-corrected chi connectivity index (χ0v) is 9.73. The molecular formula is C9H13BrClNO. The van der Waals surface area contributed by atoms with E-state index in [9.17, 15) is 5.11 Å². The number of nitrogens with two attached hydrogens (primary N) is 1. The second-order valence-corrected chi connectivity index (χ2v) is 3.57. The number of hydrogen-bond acceptors (Lipinski definition) is 2. The van der Waals surface area contributed by atoms with E-state index in [4.69, 9.17) is 5.73 Å². The number of benzene rings is 1. The van der Waals surface area contributed by atoms with Crippen molar-refractivity contribution in [1.29, 1.82) is 0 Å². The minimum absolute atomic E-state index is 0. The van der Waals surface area contributed by atoms with Gasteiger partial charge in [0, 0.05) is 10.5 Å². The van der Waals surface area contributed by atoms with Crippen LogP contribution in [0.1, 0.15) is 24.9 Å². The van der Waals surface area contributed by atoms with Gasteiger partial charge in [-0.3, -0.25) is 0 Å². The molecule has 0 bridgehead atoms. The Morgan fingerprint density at radius 2 is 2.15 bits per heavy atom.